The second-order valence-corrected chi connectivity index (χ2v) is 7.10. The first-order valence-electron chi connectivity index (χ1n) is 9.05. The number of ether oxygens (including phenoxy) is 1. The van der Waals surface area contributed by atoms with Crippen molar-refractivity contribution in [2.75, 3.05) is 7.11 Å². The summed E-state index contributed by atoms with van der Waals surface area (Å²) in [5, 5.41) is 0. The number of hydrogen-bond acceptors (Lipinski definition) is 1. The maximum absolute atomic E-state index is 5.98. The molecule has 0 fully saturated rings. The lowest BCUT2D eigenvalue weighted by Gasteiger charge is -2.20. The number of rotatable bonds is 3. The maximum Gasteiger partial charge on any atom is 0.134 e. The van der Waals surface area contributed by atoms with Crippen molar-refractivity contribution >= 4 is 0 Å². The smallest absolute Gasteiger partial charge is 0.134 e. The Labute approximate surface area is 150 Å². The summed E-state index contributed by atoms with van der Waals surface area (Å²) in [7, 11) is 1.79. The molecular formula is C24H24O. The number of fused-ring (bicyclic) bond motifs is 1. The van der Waals surface area contributed by atoms with E-state index in [1.54, 1.807) is 7.11 Å². The molecule has 126 valence electrons. The Kier molecular flexibility index (Phi) is 4.09. The van der Waals surface area contributed by atoms with Crippen molar-refractivity contribution in [1.29, 1.82) is 0 Å². The van der Waals surface area contributed by atoms with E-state index in [0.29, 0.717) is 11.8 Å². The van der Waals surface area contributed by atoms with Gasteiger partial charge in [0, 0.05) is 11.1 Å². The molecule has 3 aromatic carbocycles. The molecule has 1 aliphatic carbocycles. The molecule has 0 saturated carbocycles. The second-order valence-electron chi connectivity index (χ2n) is 7.10. The van der Waals surface area contributed by atoms with E-state index >= 15 is 0 Å². The fraction of sp³-hybridized carbons (Fsp3) is 0.250. The van der Waals surface area contributed by atoms with Gasteiger partial charge in [-0.15, -0.1) is 0 Å². The molecular weight excluding hydrogens is 304 g/mol. The summed E-state index contributed by atoms with van der Waals surface area (Å²) in [4.78, 5) is 0. The van der Waals surface area contributed by atoms with Crippen LogP contribution in [0.4, 0.5) is 0 Å². The van der Waals surface area contributed by atoms with Gasteiger partial charge in [-0.1, -0.05) is 74.5 Å². The van der Waals surface area contributed by atoms with E-state index in [2.05, 4.69) is 80.6 Å². The summed E-state index contributed by atoms with van der Waals surface area (Å²) in [6.45, 7) is 4.71. The molecule has 0 amide bonds. The van der Waals surface area contributed by atoms with Crippen LogP contribution in [0.1, 0.15) is 30.9 Å². The summed E-state index contributed by atoms with van der Waals surface area (Å²) >= 11 is 0. The highest BCUT2D eigenvalue weighted by atomic mass is 16.5. The molecule has 0 aromatic heterocycles. The molecule has 0 spiro atoms. The highest BCUT2D eigenvalue weighted by Crippen LogP contribution is 2.50. The molecule has 0 saturated heterocycles. The second kappa shape index (κ2) is 6.40. The van der Waals surface area contributed by atoms with Crippen molar-refractivity contribution in [3.05, 3.63) is 77.9 Å². The Hall–Kier alpha value is -2.54. The van der Waals surface area contributed by atoms with E-state index in [4.69, 9.17) is 4.74 Å². The molecule has 1 heteroatoms. The first-order chi connectivity index (χ1) is 12.2. The van der Waals surface area contributed by atoms with Crippen molar-refractivity contribution in [3.8, 4) is 28.0 Å². The minimum absolute atomic E-state index is 0.575. The van der Waals surface area contributed by atoms with E-state index in [0.717, 1.165) is 12.2 Å². The molecule has 1 nitrogen and oxygen atoms in total. The Morgan fingerprint density at radius 3 is 2.04 bits per heavy atom. The van der Waals surface area contributed by atoms with Gasteiger partial charge < -0.3 is 4.74 Å². The van der Waals surface area contributed by atoms with Gasteiger partial charge in [-0.05, 0) is 46.6 Å². The quantitative estimate of drug-likeness (QED) is 0.546. The van der Waals surface area contributed by atoms with Gasteiger partial charge in [-0.2, -0.15) is 0 Å². The normalized spacial score (nSPS) is 18.8. The molecule has 3 aromatic rings. The molecule has 1 unspecified atom stereocenters. The standard InChI is InChI=1S/C24H24O/c1-16-14-22-20(17(16)2)15-21(18-10-6-4-7-11-18)24(25-3)23(22)19-12-8-5-9-13-19/h4-13,15-17H,14H2,1-3H3/t16-,17?/m0/s1. The highest BCUT2D eigenvalue weighted by Gasteiger charge is 2.31. The Morgan fingerprint density at radius 1 is 0.840 bits per heavy atom. The average molecular weight is 328 g/mol. The predicted octanol–water partition coefficient (Wildman–Crippen LogP) is 6.32. The van der Waals surface area contributed by atoms with Crippen molar-refractivity contribution < 1.29 is 4.74 Å². The van der Waals surface area contributed by atoms with Gasteiger partial charge in [0.2, 0.25) is 0 Å². The monoisotopic (exact) mass is 328 g/mol. The topological polar surface area (TPSA) is 9.23 Å². The number of methoxy groups -OCH3 is 1. The molecule has 2 atom stereocenters. The average Bonchev–Trinajstić information content (AvgIpc) is 2.95. The van der Waals surface area contributed by atoms with Crippen molar-refractivity contribution in [2.45, 2.75) is 26.2 Å². The third-order valence-corrected chi connectivity index (χ3v) is 5.64. The SMILES string of the molecule is COc1c(-c2ccccc2)cc2c(c1-c1ccccc1)C[C@H](C)C2C. The van der Waals surface area contributed by atoms with Crippen LogP contribution in [0.2, 0.25) is 0 Å². The molecule has 0 heterocycles. The summed E-state index contributed by atoms with van der Waals surface area (Å²) in [6, 6.07) is 23.6. The highest BCUT2D eigenvalue weighted by molar-refractivity contribution is 5.86. The Balaban J connectivity index is 2.05. The minimum atomic E-state index is 0.575. The van der Waals surface area contributed by atoms with Crippen LogP contribution in [0.5, 0.6) is 5.75 Å². The zero-order chi connectivity index (χ0) is 17.4. The lowest BCUT2D eigenvalue weighted by atomic mass is 9.89. The van der Waals surface area contributed by atoms with Gasteiger partial charge in [0.05, 0.1) is 7.11 Å². The molecule has 0 radical (unpaired) electrons. The number of benzene rings is 3. The van der Waals surface area contributed by atoms with Gasteiger partial charge >= 0.3 is 0 Å². The summed E-state index contributed by atoms with van der Waals surface area (Å²) in [6.07, 6.45) is 1.12. The molecule has 1 aliphatic rings. The number of hydrogen-bond donors (Lipinski definition) is 0. The summed E-state index contributed by atoms with van der Waals surface area (Å²) in [5.41, 5.74) is 7.87. The third kappa shape index (κ3) is 2.64. The first kappa shape index (κ1) is 16.0. The fourth-order valence-corrected chi connectivity index (χ4v) is 4.11. The molecule has 0 aliphatic heterocycles. The van der Waals surface area contributed by atoms with Crippen molar-refractivity contribution in [3.63, 3.8) is 0 Å². The van der Waals surface area contributed by atoms with Crippen molar-refractivity contribution in [2.24, 2.45) is 5.92 Å². The lowest BCUT2D eigenvalue weighted by molar-refractivity contribution is 0.417. The fourth-order valence-electron chi connectivity index (χ4n) is 4.11. The van der Waals surface area contributed by atoms with Gasteiger partial charge in [0.15, 0.2) is 0 Å². The van der Waals surface area contributed by atoms with E-state index in [1.165, 1.54) is 33.4 Å². The zero-order valence-electron chi connectivity index (χ0n) is 15.1. The molecule has 0 bridgehead atoms. The van der Waals surface area contributed by atoms with Crippen LogP contribution >= 0.6 is 0 Å². The van der Waals surface area contributed by atoms with Gasteiger partial charge in [-0.3, -0.25) is 0 Å². The predicted molar refractivity (Wildman–Crippen MR) is 105 cm³/mol. The Morgan fingerprint density at radius 2 is 1.44 bits per heavy atom. The summed E-state index contributed by atoms with van der Waals surface area (Å²) < 4.78 is 5.98. The zero-order valence-corrected chi connectivity index (χ0v) is 15.1. The third-order valence-electron chi connectivity index (χ3n) is 5.64. The van der Waals surface area contributed by atoms with Crippen LogP contribution in [-0.2, 0) is 6.42 Å². The molecule has 0 N–H and O–H groups in total. The lowest BCUT2D eigenvalue weighted by Crippen LogP contribution is -1.99. The van der Waals surface area contributed by atoms with Gasteiger partial charge in [-0.25, -0.2) is 0 Å². The van der Waals surface area contributed by atoms with Gasteiger partial charge in [0.25, 0.3) is 0 Å². The van der Waals surface area contributed by atoms with Crippen LogP contribution in [0.3, 0.4) is 0 Å². The largest absolute Gasteiger partial charge is 0.495 e. The van der Waals surface area contributed by atoms with E-state index in [-0.39, 0.29) is 0 Å². The van der Waals surface area contributed by atoms with Crippen LogP contribution in [0.25, 0.3) is 22.3 Å². The van der Waals surface area contributed by atoms with Crippen LogP contribution in [0.15, 0.2) is 66.7 Å². The maximum atomic E-state index is 5.98. The molecule has 25 heavy (non-hydrogen) atoms. The Bertz CT molecular complexity index is 881. The summed E-state index contributed by atoms with van der Waals surface area (Å²) in [5.74, 6) is 2.23. The first-order valence-corrected chi connectivity index (χ1v) is 9.05. The van der Waals surface area contributed by atoms with Crippen LogP contribution < -0.4 is 4.74 Å². The van der Waals surface area contributed by atoms with E-state index in [1.807, 2.05) is 0 Å². The van der Waals surface area contributed by atoms with E-state index < -0.39 is 0 Å². The van der Waals surface area contributed by atoms with Crippen molar-refractivity contribution in [1.82, 2.24) is 0 Å². The van der Waals surface area contributed by atoms with Gasteiger partial charge in [0.1, 0.15) is 5.75 Å². The van der Waals surface area contributed by atoms with Crippen LogP contribution in [0, 0.1) is 5.92 Å². The van der Waals surface area contributed by atoms with Crippen LogP contribution in [-0.4, -0.2) is 7.11 Å². The minimum Gasteiger partial charge on any atom is -0.495 e. The molecule has 4 rings (SSSR count). The van der Waals surface area contributed by atoms with E-state index in [9.17, 15) is 0 Å².